The highest BCUT2D eigenvalue weighted by atomic mass is 35.5. The standard InChI is InChI=1S/C22H17Cl2N5O4/c1-33-17-7-6-15(10-16(17)24)27-18(30)12-28-20-19(25-8-9-26-20)21(31)29(22(28)32)11-13-2-4-14(23)5-3-13/h2-10H,11-12H2,1H3,(H,27,30). The molecule has 9 nitrogen and oxygen atoms in total. The molecule has 2 aromatic heterocycles. The number of nitrogens with zero attached hydrogens (tertiary/aromatic N) is 4. The molecule has 0 aliphatic rings. The molecule has 0 aliphatic heterocycles. The number of benzene rings is 2. The quantitative estimate of drug-likeness (QED) is 0.449. The largest absolute Gasteiger partial charge is 0.495 e. The number of amides is 1. The van der Waals surface area contributed by atoms with Crippen LogP contribution in [0.1, 0.15) is 5.56 Å². The molecule has 0 saturated carbocycles. The van der Waals surface area contributed by atoms with E-state index in [0.29, 0.717) is 27.0 Å². The molecule has 2 heterocycles. The molecular weight excluding hydrogens is 469 g/mol. The normalized spacial score (nSPS) is 10.9. The van der Waals surface area contributed by atoms with Gasteiger partial charge in [-0.15, -0.1) is 0 Å². The van der Waals surface area contributed by atoms with Crippen LogP contribution in [0.25, 0.3) is 11.2 Å². The Balaban J connectivity index is 1.71. The van der Waals surface area contributed by atoms with Gasteiger partial charge in [0, 0.05) is 23.1 Å². The zero-order valence-electron chi connectivity index (χ0n) is 17.3. The Morgan fingerprint density at radius 2 is 1.76 bits per heavy atom. The molecule has 11 heteroatoms. The summed E-state index contributed by atoms with van der Waals surface area (Å²) in [4.78, 5) is 47.1. The minimum atomic E-state index is -0.689. The van der Waals surface area contributed by atoms with Gasteiger partial charge in [0.1, 0.15) is 12.3 Å². The average Bonchev–Trinajstić information content (AvgIpc) is 2.81. The third-order valence-electron chi connectivity index (χ3n) is 4.84. The monoisotopic (exact) mass is 485 g/mol. The topological polar surface area (TPSA) is 108 Å². The summed E-state index contributed by atoms with van der Waals surface area (Å²) in [5.41, 5.74) is -0.189. The van der Waals surface area contributed by atoms with E-state index in [1.54, 1.807) is 36.4 Å². The van der Waals surface area contributed by atoms with E-state index in [0.717, 1.165) is 9.13 Å². The Morgan fingerprint density at radius 1 is 1.03 bits per heavy atom. The van der Waals surface area contributed by atoms with Crippen molar-refractivity contribution in [1.29, 1.82) is 0 Å². The predicted molar refractivity (Wildman–Crippen MR) is 125 cm³/mol. The summed E-state index contributed by atoms with van der Waals surface area (Å²) >= 11 is 12.0. The second kappa shape index (κ2) is 9.43. The van der Waals surface area contributed by atoms with E-state index in [2.05, 4.69) is 15.3 Å². The Kier molecular flexibility index (Phi) is 6.43. The molecule has 4 aromatic rings. The number of anilines is 1. The van der Waals surface area contributed by atoms with E-state index >= 15 is 0 Å². The summed E-state index contributed by atoms with van der Waals surface area (Å²) < 4.78 is 7.22. The molecule has 0 unspecified atom stereocenters. The van der Waals surface area contributed by atoms with Crippen molar-refractivity contribution in [1.82, 2.24) is 19.1 Å². The number of aromatic nitrogens is 4. The lowest BCUT2D eigenvalue weighted by Gasteiger charge is -2.13. The third-order valence-corrected chi connectivity index (χ3v) is 5.38. The molecule has 168 valence electrons. The molecule has 0 radical (unpaired) electrons. The van der Waals surface area contributed by atoms with Crippen molar-refractivity contribution in [2.75, 3.05) is 12.4 Å². The fourth-order valence-electron chi connectivity index (χ4n) is 3.27. The van der Waals surface area contributed by atoms with Crippen molar-refractivity contribution >= 4 is 46.0 Å². The van der Waals surface area contributed by atoms with Crippen LogP contribution in [0.15, 0.2) is 64.4 Å². The lowest BCUT2D eigenvalue weighted by molar-refractivity contribution is -0.116. The summed E-state index contributed by atoms with van der Waals surface area (Å²) in [5.74, 6) is -0.0524. The van der Waals surface area contributed by atoms with Crippen molar-refractivity contribution in [2.45, 2.75) is 13.1 Å². The number of ether oxygens (including phenoxy) is 1. The van der Waals surface area contributed by atoms with Crippen LogP contribution >= 0.6 is 23.2 Å². The van der Waals surface area contributed by atoms with E-state index in [1.807, 2.05) is 0 Å². The van der Waals surface area contributed by atoms with Crippen molar-refractivity contribution < 1.29 is 9.53 Å². The van der Waals surface area contributed by atoms with Crippen LogP contribution in [-0.4, -0.2) is 32.1 Å². The second-order valence-corrected chi connectivity index (χ2v) is 7.86. The summed E-state index contributed by atoms with van der Waals surface area (Å²) in [6.45, 7) is -0.407. The van der Waals surface area contributed by atoms with Crippen LogP contribution in [0.3, 0.4) is 0 Å². The first-order valence-corrected chi connectivity index (χ1v) is 10.4. The van der Waals surface area contributed by atoms with E-state index in [1.165, 1.54) is 25.6 Å². The molecular formula is C22H17Cl2N5O4. The number of carbonyl (C=O) groups excluding carboxylic acids is 1. The summed E-state index contributed by atoms with van der Waals surface area (Å²) in [7, 11) is 1.48. The molecule has 1 amide bonds. The van der Waals surface area contributed by atoms with Crippen LogP contribution in [0.4, 0.5) is 5.69 Å². The molecule has 0 saturated heterocycles. The lowest BCUT2D eigenvalue weighted by Crippen LogP contribution is -2.42. The first kappa shape index (κ1) is 22.5. The fourth-order valence-corrected chi connectivity index (χ4v) is 3.66. The van der Waals surface area contributed by atoms with Gasteiger partial charge in [0.2, 0.25) is 5.91 Å². The third kappa shape index (κ3) is 4.74. The zero-order valence-corrected chi connectivity index (χ0v) is 18.8. The highest BCUT2D eigenvalue weighted by molar-refractivity contribution is 6.32. The number of methoxy groups -OCH3 is 1. The summed E-state index contributed by atoms with van der Waals surface area (Å²) in [6, 6.07) is 11.5. The Hall–Kier alpha value is -3.69. The minimum Gasteiger partial charge on any atom is -0.495 e. The molecule has 4 rings (SSSR count). The van der Waals surface area contributed by atoms with Gasteiger partial charge in [0.25, 0.3) is 5.56 Å². The number of halogens is 2. The maximum atomic E-state index is 13.2. The average molecular weight is 486 g/mol. The smallest absolute Gasteiger partial charge is 0.333 e. The number of carbonyl (C=O) groups is 1. The van der Waals surface area contributed by atoms with Crippen molar-refractivity contribution in [3.05, 3.63) is 91.3 Å². The number of hydrogen-bond donors (Lipinski definition) is 1. The van der Waals surface area contributed by atoms with Gasteiger partial charge in [-0.2, -0.15) is 0 Å². The van der Waals surface area contributed by atoms with Crippen LogP contribution in [-0.2, 0) is 17.9 Å². The number of rotatable bonds is 6. The van der Waals surface area contributed by atoms with E-state index < -0.39 is 23.7 Å². The first-order chi connectivity index (χ1) is 15.9. The molecule has 33 heavy (non-hydrogen) atoms. The van der Waals surface area contributed by atoms with E-state index in [-0.39, 0.29) is 17.7 Å². The highest BCUT2D eigenvalue weighted by Gasteiger charge is 2.18. The molecule has 0 bridgehead atoms. The maximum Gasteiger partial charge on any atom is 0.333 e. The van der Waals surface area contributed by atoms with Crippen molar-refractivity contribution in [3.63, 3.8) is 0 Å². The molecule has 0 aliphatic carbocycles. The molecule has 0 atom stereocenters. The van der Waals surface area contributed by atoms with Crippen molar-refractivity contribution in [2.24, 2.45) is 0 Å². The van der Waals surface area contributed by atoms with Crippen LogP contribution in [0, 0.1) is 0 Å². The fraction of sp³-hybridized carbons (Fsp3) is 0.136. The van der Waals surface area contributed by atoms with Gasteiger partial charge in [0.05, 0.1) is 18.7 Å². The van der Waals surface area contributed by atoms with Gasteiger partial charge in [-0.05, 0) is 35.9 Å². The maximum absolute atomic E-state index is 13.2. The van der Waals surface area contributed by atoms with Gasteiger partial charge in [-0.3, -0.25) is 18.7 Å². The molecule has 0 fully saturated rings. The lowest BCUT2D eigenvalue weighted by atomic mass is 10.2. The Morgan fingerprint density at radius 3 is 2.45 bits per heavy atom. The van der Waals surface area contributed by atoms with E-state index in [4.69, 9.17) is 27.9 Å². The van der Waals surface area contributed by atoms with Crippen LogP contribution in [0.2, 0.25) is 10.0 Å². The molecule has 0 spiro atoms. The minimum absolute atomic E-state index is 0.0165. The first-order valence-electron chi connectivity index (χ1n) is 9.69. The van der Waals surface area contributed by atoms with Crippen LogP contribution in [0.5, 0.6) is 5.75 Å². The summed E-state index contributed by atoms with van der Waals surface area (Å²) in [6.07, 6.45) is 2.70. The SMILES string of the molecule is COc1ccc(NC(=O)Cn2c(=O)n(Cc3ccc(Cl)cc3)c(=O)c3nccnc32)cc1Cl. The Bertz CT molecular complexity index is 1460. The highest BCUT2D eigenvalue weighted by Crippen LogP contribution is 2.27. The zero-order chi connectivity index (χ0) is 23.5. The number of fused-ring (bicyclic) bond motifs is 1. The number of nitrogens with one attached hydrogen (secondary N) is 1. The predicted octanol–water partition coefficient (Wildman–Crippen LogP) is 2.96. The molecule has 2 aromatic carbocycles. The second-order valence-electron chi connectivity index (χ2n) is 7.01. The van der Waals surface area contributed by atoms with Crippen molar-refractivity contribution in [3.8, 4) is 5.75 Å². The Labute approximate surface area is 197 Å². The van der Waals surface area contributed by atoms with Gasteiger partial charge in [-0.1, -0.05) is 35.3 Å². The summed E-state index contributed by atoms with van der Waals surface area (Å²) in [5, 5.41) is 3.53. The van der Waals surface area contributed by atoms with Crippen LogP contribution < -0.4 is 21.3 Å². The molecule has 1 N–H and O–H groups in total. The van der Waals surface area contributed by atoms with Gasteiger partial charge >= 0.3 is 5.69 Å². The van der Waals surface area contributed by atoms with E-state index in [9.17, 15) is 14.4 Å². The van der Waals surface area contributed by atoms with Gasteiger partial charge in [0.15, 0.2) is 11.2 Å². The van der Waals surface area contributed by atoms with Gasteiger partial charge in [-0.25, -0.2) is 14.8 Å². The van der Waals surface area contributed by atoms with Gasteiger partial charge < -0.3 is 10.1 Å². The number of hydrogen-bond acceptors (Lipinski definition) is 6.